The van der Waals surface area contributed by atoms with Crippen LogP contribution in [0.4, 0.5) is 11.4 Å². The summed E-state index contributed by atoms with van der Waals surface area (Å²) in [4.78, 5) is 22.4. The van der Waals surface area contributed by atoms with Crippen molar-refractivity contribution in [1.82, 2.24) is 0 Å². The molecule has 0 fully saturated rings. The van der Waals surface area contributed by atoms with Crippen molar-refractivity contribution in [3.05, 3.63) is 63.7 Å². The lowest BCUT2D eigenvalue weighted by Gasteiger charge is -2.04. The quantitative estimate of drug-likeness (QED) is 0.397. The highest BCUT2D eigenvalue weighted by Gasteiger charge is 2.15. The standard InChI is InChI=1S/C17H11N3O5/c18-9-12(6-11-4-5-15-16(7-11)25-10-24-15)17(21)19-13-2-1-3-14(8-13)20(22)23/h1-8H,10H2,(H,19,21)/b12-6+. The topological polar surface area (TPSA) is 114 Å². The van der Waals surface area contributed by atoms with E-state index in [1.807, 2.05) is 6.07 Å². The minimum absolute atomic E-state index is 0.126. The number of rotatable bonds is 4. The number of nitrogens with zero attached hydrogens (tertiary/aromatic N) is 2. The van der Waals surface area contributed by atoms with Gasteiger partial charge in [-0.15, -0.1) is 0 Å². The Labute approximate surface area is 142 Å². The van der Waals surface area contributed by atoms with Gasteiger partial charge in [0.25, 0.3) is 11.6 Å². The molecule has 0 spiro atoms. The van der Waals surface area contributed by atoms with Gasteiger partial charge in [-0.3, -0.25) is 14.9 Å². The zero-order valence-corrected chi connectivity index (χ0v) is 12.8. The number of fused-ring (bicyclic) bond motifs is 1. The van der Waals surface area contributed by atoms with Crippen LogP contribution in [0.15, 0.2) is 48.0 Å². The van der Waals surface area contributed by atoms with E-state index in [0.717, 1.165) is 0 Å². The average Bonchev–Trinajstić information content (AvgIpc) is 3.07. The summed E-state index contributed by atoms with van der Waals surface area (Å²) in [5.41, 5.74) is 0.516. The SMILES string of the molecule is N#C/C(=C\c1ccc2c(c1)OCO2)C(=O)Nc1cccc([N+](=O)[O-])c1. The summed E-state index contributed by atoms with van der Waals surface area (Å²) >= 11 is 0. The first-order valence-electron chi connectivity index (χ1n) is 7.14. The maximum Gasteiger partial charge on any atom is 0.271 e. The molecule has 0 atom stereocenters. The molecule has 0 bridgehead atoms. The van der Waals surface area contributed by atoms with Gasteiger partial charge < -0.3 is 14.8 Å². The fourth-order valence-corrected chi connectivity index (χ4v) is 2.21. The van der Waals surface area contributed by atoms with Crippen molar-refractivity contribution in [2.45, 2.75) is 0 Å². The average molecular weight is 337 g/mol. The van der Waals surface area contributed by atoms with Crippen LogP contribution in [0.3, 0.4) is 0 Å². The fourth-order valence-electron chi connectivity index (χ4n) is 2.21. The van der Waals surface area contributed by atoms with Crippen LogP contribution in [0.25, 0.3) is 6.08 Å². The zero-order valence-electron chi connectivity index (χ0n) is 12.8. The number of hydrogen-bond acceptors (Lipinski definition) is 6. The Kier molecular flexibility index (Phi) is 4.30. The number of amides is 1. The van der Waals surface area contributed by atoms with Crippen LogP contribution in [0.1, 0.15) is 5.56 Å². The molecule has 1 heterocycles. The Morgan fingerprint density at radius 2 is 2.04 bits per heavy atom. The first-order chi connectivity index (χ1) is 12.1. The van der Waals surface area contributed by atoms with E-state index in [-0.39, 0.29) is 23.7 Å². The van der Waals surface area contributed by atoms with Gasteiger partial charge in [0.05, 0.1) is 4.92 Å². The van der Waals surface area contributed by atoms with Gasteiger partial charge in [-0.25, -0.2) is 0 Å². The van der Waals surface area contributed by atoms with Crippen molar-refractivity contribution < 1.29 is 19.2 Å². The lowest BCUT2D eigenvalue weighted by atomic mass is 10.1. The Bertz CT molecular complexity index is 930. The summed E-state index contributed by atoms with van der Waals surface area (Å²) in [5.74, 6) is 0.461. The number of nitro benzene ring substituents is 1. The van der Waals surface area contributed by atoms with Crippen LogP contribution in [0.5, 0.6) is 11.5 Å². The van der Waals surface area contributed by atoms with E-state index in [9.17, 15) is 20.2 Å². The van der Waals surface area contributed by atoms with E-state index < -0.39 is 10.8 Å². The number of nitrogens with one attached hydrogen (secondary N) is 1. The molecule has 0 unspecified atom stereocenters. The first-order valence-corrected chi connectivity index (χ1v) is 7.14. The normalized spacial score (nSPS) is 12.4. The van der Waals surface area contributed by atoms with Gasteiger partial charge in [0, 0.05) is 17.8 Å². The molecule has 0 radical (unpaired) electrons. The molecular weight excluding hydrogens is 326 g/mol. The van der Waals surface area contributed by atoms with Crippen molar-refractivity contribution in [2.75, 3.05) is 12.1 Å². The third-order valence-electron chi connectivity index (χ3n) is 3.39. The number of carbonyl (C=O) groups is 1. The minimum Gasteiger partial charge on any atom is -0.454 e. The predicted octanol–water partition coefficient (Wildman–Crippen LogP) is 2.87. The summed E-state index contributed by atoms with van der Waals surface area (Å²) in [6.45, 7) is 0.126. The Morgan fingerprint density at radius 3 is 2.80 bits per heavy atom. The number of benzene rings is 2. The van der Waals surface area contributed by atoms with Crippen molar-refractivity contribution in [2.24, 2.45) is 0 Å². The van der Waals surface area contributed by atoms with E-state index in [2.05, 4.69) is 5.32 Å². The maximum absolute atomic E-state index is 12.2. The molecule has 2 aromatic rings. The first kappa shape index (κ1) is 16.0. The van der Waals surface area contributed by atoms with E-state index in [4.69, 9.17) is 9.47 Å². The van der Waals surface area contributed by atoms with Crippen LogP contribution < -0.4 is 14.8 Å². The molecular formula is C17H11N3O5. The van der Waals surface area contributed by atoms with E-state index in [1.54, 1.807) is 18.2 Å². The monoisotopic (exact) mass is 337 g/mol. The number of non-ortho nitro benzene ring substituents is 1. The number of ether oxygens (including phenoxy) is 2. The largest absolute Gasteiger partial charge is 0.454 e. The second kappa shape index (κ2) is 6.72. The molecule has 0 aliphatic carbocycles. The van der Waals surface area contributed by atoms with Crippen molar-refractivity contribution >= 4 is 23.4 Å². The van der Waals surface area contributed by atoms with E-state index in [1.165, 1.54) is 30.3 Å². The van der Waals surface area contributed by atoms with Gasteiger partial charge in [-0.1, -0.05) is 12.1 Å². The van der Waals surface area contributed by atoms with Crippen LogP contribution >= 0.6 is 0 Å². The summed E-state index contributed by atoms with van der Waals surface area (Å²) in [6, 6.07) is 12.3. The number of carbonyl (C=O) groups excluding carboxylic acids is 1. The molecule has 8 heteroatoms. The number of nitriles is 1. The van der Waals surface area contributed by atoms with E-state index >= 15 is 0 Å². The molecule has 3 rings (SSSR count). The molecule has 2 aromatic carbocycles. The summed E-state index contributed by atoms with van der Waals surface area (Å²) < 4.78 is 10.4. The predicted molar refractivity (Wildman–Crippen MR) is 87.9 cm³/mol. The Morgan fingerprint density at radius 1 is 1.24 bits per heavy atom. The van der Waals surface area contributed by atoms with Crippen LogP contribution in [-0.4, -0.2) is 17.6 Å². The van der Waals surface area contributed by atoms with Crippen LogP contribution in [0, 0.1) is 21.4 Å². The summed E-state index contributed by atoms with van der Waals surface area (Å²) in [7, 11) is 0. The molecule has 0 saturated carbocycles. The van der Waals surface area contributed by atoms with Crippen LogP contribution in [-0.2, 0) is 4.79 Å². The zero-order chi connectivity index (χ0) is 17.8. The highest BCUT2D eigenvalue weighted by atomic mass is 16.7. The Hall–Kier alpha value is -3.86. The number of hydrogen-bond donors (Lipinski definition) is 1. The van der Waals surface area contributed by atoms with Gasteiger partial charge in [0.1, 0.15) is 11.6 Å². The highest BCUT2D eigenvalue weighted by Crippen LogP contribution is 2.33. The van der Waals surface area contributed by atoms with Gasteiger partial charge in [0.2, 0.25) is 6.79 Å². The third-order valence-corrected chi connectivity index (χ3v) is 3.39. The molecule has 25 heavy (non-hydrogen) atoms. The van der Waals surface area contributed by atoms with Gasteiger partial charge >= 0.3 is 0 Å². The molecule has 1 amide bonds. The second-order valence-corrected chi connectivity index (χ2v) is 5.04. The van der Waals surface area contributed by atoms with Gasteiger partial charge in [-0.05, 0) is 29.8 Å². The molecule has 8 nitrogen and oxygen atoms in total. The molecule has 1 aliphatic rings. The van der Waals surface area contributed by atoms with Crippen molar-refractivity contribution in [1.29, 1.82) is 5.26 Å². The molecule has 1 N–H and O–H groups in total. The molecule has 0 saturated heterocycles. The van der Waals surface area contributed by atoms with Crippen molar-refractivity contribution in [3.63, 3.8) is 0 Å². The summed E-state index contributed by atoms with van der Waals surface area (Å²) in [5, 5.41) is 22.5. The van der Waals surface area contributed by atoms with Gasteiger partial charge in [0.15, 0.2) is 11.5 Å². The van der Waals surface area contributed by atoms with Gasteiger partial charge in [-0.2, -0.15) is 5.26 Å². The highest BCUT2D eigenvalue weighted by molar-refractivity contribution is 6.09. The molecule has 0 aromatic heterocycles. The number of nitro groups is 1. The number of anilines is 1. The minimum atomic E-state index is -0.666. The maximum atomic E-state index is 12.2. The molecule has 124 valence electrons. The third kappa shape index (κ3) is 3.56. The molecule has 1 aliphatic heterocycles. The lowest BCUT2D eigenvalue weighted by Crippen LogP contribution is -2.13. The second-order valence-electron chi connectivity index (χ2n) is 5.04. The van der Waals surface area contributed by atoms with Crippen LogP contribution in [0.2, 0.25) is 0 Å². The van der Waals surface area contributed by atoms with Crippen molar-refractivity contribution in [3.8, 4) is 17.6 Å². The lowest BCUT2D eigenvalue weighted by molar-refractivity contribution is -0.384. The summed E-state index contributed by atoms with van der Waals surface area (Å²) in [6.07, 6.45) is 1.40. The fraction of sp³-hybridized carbons (Fsp3) is 0.0588. The van der Waals surface area contributed by atoms with E-state index in [0.29, 0.717) is 17.1 Å². The Balaban J connectivity index is 1.81. The smallest absolute Gasteiger partial charge is 0.271 e.